The Morgan fingerprint density at radius 1 is 1.69 bits per heavy atom. The van der Waals surface area contributed by atoms with E-state index in [1.807, 2.05) is 0 Å². The molecule has 0 N–H and O–H groups in total. The number of nitrogens with zero attached hydrogens (tertiary/aromatic N) is 3. The summed E-state index contributed by atoms with van der Waals surface area (Å²) in [6.07, 6.45) is 3.21. The van der Waals surface area contributed by atoms with Crippen molar-refractivity contribution in [2.75, 3.05) is 7.11 Å². The van der Waals surface area contributed by atoms with E-state index >= 15 is 0 Å². The minimum absolute atomic E-state index is 0.0701. The Balaban J connectivity index is 2.99. The van der Waals surface area contributed by atoms with Gasteiger partial charge in [0.05, 0.1) is 4.92 Å². The van der Waals surface area contributed by atoms with Crippen LogP contribution in [-0.2, 0) is 4.74 Å². The Hall–Kier alpha value is -1.78. The van der Waals surface area contributed by atoms with Crippen LogP contribution in [0.4, 0.5) is 0 Å². The monoisotopic (exact) mass is 181 g/mol. The van der Waals surface area contributed by atoms with Crippen molar-refractivity contribution in [3.05, 3.63) is 39.6 Å². The van der Waals surface area contributed by atoms with Gasteiger partial charge in [-0.25, -0.2) is 0 Å². The average Bonchev–Trinajstić information content (AvgIpc) is 2.16. The molecular weight excluding hydrogens is 174 g/mol. The topological polar surface area (TPSA) is 88.8 Å². The van der Waals surface area contributed by atoms with Crippen LogP contribution in [0.25, 0.3) is 5.53 Å². The minimum atomic E-state index is -0.657. The molecular formula is C7H7N3O3. The van der Waals surface area contributed by atoms with E-state index in [2.05, 4.69) is 4.79 Å². The molecule has 0 fully saturated rings. The van der Waals surface area contributed by atoms with E-state index in [4.69, 9.17) is 10.3 Å². The molecule has 0 amide bonds. The van der Waals surface area contributed by atoms with Gasteiger partial charge in [0, 0.05) is 25.3 Å². The molecule has 0 saturated heterocycles. The predicted octanol–water partition coefficient (Wildman–Crippen LogP) is 0.403. The zero-order chi connectivity index (χ0) is 9.84. The lowest BCUT2D eigenvalue weighted by molar-refractivity contribution is -0.419. The van der Waals surface area contributed by atoms with Crippen LogP contribution in [0.5, 0.6) is 0 Å². The zero-order valence-corrected chi connectivity index (χ0v) is 6.88. The number of ether oxygens (including phenoxy) is 1. The van der Waals surface area contributed by atoms with Crippen LogP contribution in [-0.4, -0.2) is 28.6 Å². The van der Waals surface area contributed by atoms with E-state index in [1.54, 1.807) is 0 Å². The molecule has 0 aromatic rings. The van der Waals surface area contributed by atoms with E-state index in [1.165, 1.54) is 25.3 Å². The van der Waals surface area contributed by atoms with Crippen LogP contribution in [0, 0.1) is 10.1 Å². The summed E-state index contributed by atoms with van der Waals surface area (Å²) in [5.74, 6) is 0. The smallest absolute Gasteiger partial charge is 0.324 e. The SMILES string of the molecule is COC1C=C([N+](=O)[O-])C=CC1=[N+]=[N-]. The molecule has 6 nitrogen and oxygen atoms in total. The maximum atomic E-state index is 10.3. The normalized spacial score (nSPS) is 20.8. The van der Waals surface area contributed by atoms with Crippen LogP contribution in [0.15, 0.2) is 23.9 Å². The first-order valence-corrected chi connectivity index (χ1v) is 3.48. The second kappa shape index (κ2) is 3.75. The van der Waals surface area contributed by atoms with Crippen molar-refractivity contribution in [1.29, 1.82) is 0 Å². The molecule has 13 heavy (non-hydrogen) atoms. The number of methoxy groups -OCH3 is 1. The van der Waals surface area contributed by atoms with Crippen molar-refractivity contribution in [3.63, 3.8) is 0 Å². The molecule has 0 saturated carbocycles. The fraction of sp³-hybridized carbons (Fsp3) is 0.286. The first-order valence-electron chi connectivity index (χ1n) is 3.48. The molecule has 1 aliphatic carbocycles. The second-order valence-electron chi connectivity index (χ2n) is 2.36. The number of hydrogen-bond acceptors (Lipinski definition) is 3. The molecule has 0 spiro atoms. The fourth-order valence-corrected chi connectivity index (χ4v) is 0.962. The number of hydrogen-bond donors (Lipinski definition) is 0. The van der Waals surface area contributed by atoms with Gasteiger partial charge in [-0.05, 0) is 0 Å². The molecule has 6 heteroatoms. The van der Waals surface area contributed by atoms with E-state index in [0.717, 1.165) is 0 Å². The van der Waals surface area contributed by atoms with Gasteiger partial charge in [-0.15, -0.1) is 0 Å². The first-order chi connectivity index (χ1) is 6.19. The number of allylic oxidation sites excluding steroid dienone is 1. The lowest BCUT2D eigenvalue weighted by atomic mass is 10.1. The predicted molar refractivity (Wildman–Crippen MR) is 43.6 cm³/mol. The molecule has 0 heterocycles. The van der Waals surface area contributed by atoms with Gasteiger partial charge in [0.2, 0.25) is 0 Å². The highest BCUT2D eigenvalue weighted by Gasteiger charge is 2.26. The third-order valence-corrected chi connectivity index (χ3v) is 1.62. The molecule has 68 valence electrons. The van der Waals surface area contributed by atoms with E-state index in [0.29, 0.717) is 0 Å². The Bertz CT molecular complexity index is 339. The maximum absolute atomic E-state index is 10.3. The highest BCUT2D eigenvalue weighted by molar-refractivity contribution is 5.97. The summed E-state index contributed by atoms with van der Waals surface area (Å²) in [5, 5.41) is 10.3. The van der Waals surface area contributed by atoms with Gasteiger partial charge < -0.3 is 10.3 Å². The Morgan fingerprint density at radius 3 is 2.85 bits per heavy atom. The lowest BCUT2D eigenvalue weighted by Crippen LogP contribution is -2.23. The molecule has 0 aromatic carbocycles. The Labute approximate surface area is 73.9 Å². The summed E-state index contributed by atoms with van der Waals surface area (Å²) in [6, 6.07) is 0. The highest BCUT2D eigenvalue weighted by Crippen LogP contribution is 2.10. The van der Waals surface area contributed by atoms with E-state index in [-0.39, 0.29) is 11.4 Å². The summed E-state index contributed by atoms with van der Waals surface area (Å²) in [7, 11) is 1.38. The fourth-order valence-electron chi connectivity index (χ4n) is 0.962. The molecule has 0 radical (unpaired) electrons. The molecule has 1 unspecified atom stereocenters. The largest absolute Gasteiger partial charge is 0.365 e. The van der Waals surface area contributed by atoms with Gasteiger partial charge in [0.15, 0.2) is 6.10 Å². The molecule has 0 aliphatic heterocycles. The van der Waals surface area contributed by atoms with Crippen molar-refractivity contribution >= 4 is 5.71 Å². The van der Waals surface area contributed by atoms with E-state index in [9.17, 15) is 10.1 Å². The standard InChI is InChI=1S/C7H7N3O3/c1-13-7-4-5(10(11)12)2-3-6(7)9-8/h2-4,7H,1H3. The van der Waals surface area contributed by atoms with Crippen LogP contribution in [0.1, 0.15) is 0 Å². The van der Waals surface area contributed by atoms with Crippen LogP contribution >= 0.6 is 0 Å². The van der Waals surface area contributed by atoms with Gasteiger partial charge in [-0.2, -0.15) is 4.79 Å². The quantitative estimate of drug-likeness (QED) is 0.267. The van der Waals surface area contributed by atoms with E-state index < -0.39 is 11.0 Å². The van der Waals surface area contributed by atoms with Crippen molar-refractivity contribution in [2.24, 2.45) is 0 Å². The van der Waals surface area contributed by atoms with Crippen molar-refractivity contribution < 1.29 is 14.5 Å². The number of nitro groups is 1. The zero-order valence-electron chi connectivity index (χ0n) is 6.88. The Morgan fingerprint density at radius 2 is 2.38 bits per heavy atom. The van der Waals surface area contributed by atoms with Gasteiger partial charge in [0.25, 0.3) is 5.70 Å². The van der Waals surface area contributed by atoms with Gasteiger partial charge in [-0.3, -0.25) is 10.1 Å². The summed E-state index contributed by atoms with van der Waals surface area (Å²) < 4.78 is 4.85. The second-order valence-corrected chi connectivity index (χ2v) is 2.36. The van der Waals surface area contributed by atoms with Gasteiger partial charge in [-0.1, -0.05) is 0 Å². The molecule has 1 aliphatic rings. The van der Waals surface area contributed by atoms with Crippen LogP contribution in [0.3, 0.4) is 0 Å². The highest BCUT2D eigenvalue weighted by atomic mass is 16.6. The van der Waals surface area contributed by atoms with Crippen molar-refractivity contribution in [1.82, 2.24) is 0 Å². The van der Waals surface area contributed by atoms with Crippen molar-refractivity contribution in [3.8, 4) is 0 Å². The van der Waals surface area contributed by atoms with Crippen LogP contribution < -0.4 is 0 Å². The Kier molecular flexibility index (Phi) is 2.69. The molecule has 0 aromatic heterocycles. The summed E-state index contributed by atoms with van der Waals surface area (Å²) in [5.41, 5.74) is 8.65. The van der Waals surface area contributed by atoms with Gasteiger partial charge in [0.1, 0.15) is 0 Å². The summed E-state index contributed by atoms with van der Waals surface area (Å²) in [4.78, 5) is 12.7. The van der Waals surface area contributed by atoms with Gasteiger partial charge >= 0.3 is 5.71 Å². The summed E-state index contributed by atoms with van der Waals surface area (Å²) in [6.45, 7) is 0. The maximum Gasteiger partial charge on any atom is 0.324 e. The third-order valence-electron chi connectivity index (χ3n) is 1.62. The average molecular weight is 181 g/mol. The third kappa shape index (κ3) is 1.87. The van der Waals surface area contributed by atoms with Crippen LogP contribution in [0.2, 0.25) is 0 Å². The molecule has 0 bridgehead atoms. The van der Waals surface area contributed by atoms with Crippen molar-refractivity contribution in [2.45, 2.75) is 6.10 Å². The summed E-state index contributed by atoms with van der Waals surface area (Å²) >= 11 is 0. The first kappa shape index (κ1) is 9.31. The lowest BCUT2D eigenvalue weighted by Gasteiger charge is -2.06. The molecule has 1 rings (SSSR count). The molecule has 1 atom stereocenters. The minimum Gasteiger partial charge on any atom is -0.365 e. The number of rotatable bonds is 2.